The molecule has 1 N–H and O–H groups in total. The average molecular weight is 264 g/mol. The van der Waals surface area contributed by atoms with Crippen molar-refractivity contribution < 1.29 is 27.6 Å². The highest BCUT2D eigenvalue weighted by Crippen LogP contribution is 2.30. The molecule has 98 valence electrons. The Kier molecular flexibility index (Phi) is 3.74. The van der Waals surface area contributed by atoms with Gasteiger partial charge in [-0.2, -0.15) is 13.2 Å². The minimum atomic E-state index is -5.12. The lowest BCUT2D eigenvalue weighted by Crippen LogP contribution is -2.30. The van der Waals surface area contributed by atoms with E-state index >= 15 is 0 Å². The Hall–Kier alpha value is -2.32. The number of carbonyl (C=O) groups is 1. The molecule has 0 radical (unpaired) electrons. The molecule has 0 fully saturated rings. The summed E-state index contributed by atoms with van der Waals surface area (Å²) in [6, 6.07) is 3.06. The Morgan fingerprint density at radius 2 is 2.06 bits per heavy atom. The van der Waals surface area contributed by atoms with E-state index in [1.54, 1.807) is 0 Å². The third-order valence-corrected chi connectivity index (χ3v) is 1.91. The van der Waals surface area contributed by atoms with Gasteiger partial charge in [-0.05, 0) is 12.1 Å². The van der Waals surface area contributed by atoms with Crippen LogP contribution in [0.15, 0.2) is 18.2 Å². The molecule has 1 amide bonds. The van der Waals surface area contributed by atoms with E-state index in [9.17, 15) is 28.1 Å². The van der Waals surface area contributed by atoms with E-state index in [0.29, 0.717) is 0 Å². The van der Waals surface area contributed by atoms with Crippen LogP contribution >= 0.6 is 0 Å². The largest absolute Gasteiger partial charge is 0.496 e. The number of hydrogen-bond donors (Lipinski definition) is 1. The second kappa shape index (κ2) is 4.90. The monoisotopic (exact) mass is 264 g/mol. The lowest BCUT2D eigenvalue weighted by Gasteiger charge is -2.09. The Morgan fingerprint density at radius 3 is 2.50 bits per heavy atom. The van der Waals surface area contributed by atoms with Gasteiger partial charge in [0.25, 0.3) is 5.69 Å². The SMILES string of the molecule is COc1ccc(NC(=O)C(F)(F)F)c([N+](=O)[O-])c1. The summed E-state index contributed by atoms with van der Waals surface area (Å²) in [5, 5.41) is 12.1. The molecular formula is C9H7F3N2O4. The lowest BCUT2D eigenvalue weighted by atomic mass is 10.2. The van der Waals surface area contributed by atoms with Crippen molar-refractivity contribution in [3.8, 4) is 5.75 Å². The zero-order chi connectivity index (χ0) is 13.9. The molecule has 1 aromatic rings. The van der Waals surface area contributed by atoms with Crippen LogP contribution in [0.3, 0.4) is 0 Å². The predicted molar refractivity (Wildman–Crippen MR) is 54.3 cm³/mol. The first-order valence-electron chi connectivity index (χ1n) is 4.46. The van der Waals surface area contributed by atoms with Crippen LogP contribution in [0.1, 0.15) is 0 Å². The van der Waals surface area contributed by atoms with Crippen LogP contribution < -0.4 is 10.1 Å². The highest BCUT2D eigenvalue weighted by atomic mass is 19.4. The maximum absolute atomic E-state index is 12.0. The van der Waals surface area contributed by atoms with E-state index in [1.165, 1.54) is 18.5 Å². The molecule has 0 aromatic heterocycles. The van der Waals surface area contributed by atoms with Crippen molar-refractivity contribution in [3.63, 3.8) is 0 Å². The summed E-state index contributed by atoms with van der Waals surface area (Å²) >= 11 is 0. The highest BCUT2D eigenvalue weighted by molar-refractivity contribution is 5.96. The second-order valence-electron chi connectivity index (χ2n) is 3.09. The van der Waals surface area contributed by atoms with Crippen molar-refractivity contribution in [2.75, 3.05) is 12.4 Å². The minimum absolute atomic E-state index is 0.0895. The third kappa shape index (κ3) is 3.09. The molecule has 1 rings (SSSR count). The first kappa shape index (κ1) is 13.7. The van der Waals surface area contributed by atoms with Gasteiger partial charge in [-0.1, -0.05) is 0 Å². The van der Waals surface area contributed by atoms with Gasteiger partial charge < -0.3 is 10.1 Å². The average Bonchev–Trinajstić information content (AvgIpc) is 2.27. The molecule has 18 heavy (non-hydrogen) atoms. The lowest BCUT2D eigenvalue weighted by molar-refractivity contribution is -0.384. The van der Waals surface area contributed by atoms with Crippen LogP contribution in [-0.2, 0) is 4.79 Å². The molecule has 0 bridgehead atoms. The number of halogens is 3. The fraction of sp³-hybridized carbons (Fsp3) is 0.222. The molecule has 1 aromatic carbocycles. The fourth-order valence-corrected chi connectivity index (χ4v) is 1.09. The molecule has 0 saturated heterocycles. The van der Waals surface area contributed by atoms with E-state index in [2.05, 4.69) is 0 Å². The number of nitrogens with one attached hydrogen (secondary N) is 1. The van der Waals surface area contributed by atoms with Gasteiger partial charge in [0.05, 0.1) is 18.1 Å². The number of carbonyl (C=O) groups excluding carboxylic acids is 1. The van der Waals surface area contributed by atoms with Gasteiger partial charge in [0, 0.05) is 0 Å². The van der Waals surface area contributed by atoms with E-state index in [-0.39, 0.29) is 5.75 Å². The number of anilines is 1. The second-order valence-corrected chi connectivity index (χ2v) is 3.09. The Bertz CT molecular complexity index is 487. The van der Waals surface area contributed by atoms with E-state index in [0.717, 1.165) is 12.1 Å². The van der Waals surface area contributed by atoms with Gasteiger partial charge in [-0.3, -0.25) is 14.9 Å². The minimum Gasteiger partial charge on any atom is -0.496 e. The maximum atomic E-state index is 12.0. The number of alkyl halides is 3. The number of rotatable bonds is 3. The molecule has 9 heteroatoms. The number of nitrogens with zero attached hydrogens (tertiary/aromatic N) is 1. The molecule has 0 spiro atoms. The van der Waals surface area contributed by atoms with Crippen LogP contribution in [0.2, 0.25) is 0 Å². The van der Waals surface area contributed by atoms with Gasteiger partial charge >= 0.3 is 12.1 Å². The Labute approximate surface area is 98.5 Å². The topological polar surface area (TPSA) is 81.5 Å². The standard InChI is InChI=1S/C9H7F3N2O4/c1-18-5-2-3-6(7(4-5)14(16)17)13-8(15)9(10,11)12/h2-4H,1H3,(H,13,15). The summed E-state index contributed by atoms with van der Waals surface area (Å²) in [6.45, 7) is 0. The summed E-state index contributed by atoms with van der Waals surface area (Å²) < 4.78 is 40.7. The van der Waals surface area contributed by atoms with Gasteiger partial charge in [-0.25, -0.2) is 0 Å². The third-order valence-electron chi connectivity index (χ3n) is 1.91. The quantitative estimate of drug-likeness (QED) is 0.669. The molecule has 0 heterocycles. The van der Waals surface area contributed by atoms with Crippen molar-refractivity contribution in [2.45, 2.75) is 6.18 Å². The summed E-state index contributed by atoms with van der Waals surface area (Å²) in [5.74, 6) is -2.19. The molecule has 0 saturated carbocycles. The van der Waals surface area contributed by atoms with Crippen LogP contribution in [0.5, 0.6) is 5.75 Å². The van der Waals surface area contributed by atoms with Crippen molar-refractivity contribution in [3.05, 3.63) is 28.3 Å². The molecule has 6 nitrogen and oxygen atoms in total. The number of benzene rings is 1. The Morgan fingerprint density at radius 1 is 1.44 bits per heavy atom. The first-order valence-corrected chi connectivity index (χ1v) is 4.46. The van der Waals surface area contributed by atoms with Gasteiger partial charge in [0.15, 0.2) is 0 Å². The Balaban J connectivity index is 3.09. The number of ether oxygens (including phenoxy) is 1. The number of methoxy groups -OCH3 is 1. The molecular weight excluding hydrogens is 257 g/mol. The van der Waals surface area contributed by atoms with Crippen molar-refractivity contribution in [2.24, 2.45) is 0 Å². The molecule has 0 aliphatic rings. The van der Waals surface area contributed by atoms with Crippen LogP contribution in [0.25, 0.3) is 0 Å². The first-order chi connectivity index (χ1) is 8.25. The number of nitro benzene ring substituents is 1. The summed E-state index contributed by atoms with van der Waals surface area (Å²) in [4.78, 5) is 20.4. The smallest absolute Gasteiger partial charge is 0.471 e. The van der Waals surface area contributed by atoms with Gasteiger partial charge in [0.1, 0.15) is 11.4 Å². The molecule has 0 aliphatic carbocycles. The summed E-state index contributed by atoms with van der Waals surface area (Å²) in [7, 11) is 1.24. The van der Waals surface area contributed by atoms with Gasteiger partial charge in [0.2, 0.25) is 0 Å². The van der Waals surface area contributed by atoms with E-state index in [1.807, 2.05) is 0 Å². The van der Waals surface area contributed by atoms with Crippen LogP contribution in [0.4, 0.5) is 24.5 Å². The number of amides is 1. The fourth-order valence-electron chi connectivity index (χ4n) is 1.09. The number of nitro groups is 1. The van der Waals surface area contributed by atoms with Crippen LogP contribution in [0, 0.1) is 10.1 Å². The van der Waals surface area contributed by atoms with Crippen molar-refractivity contribution in [1.82, 2.24) is 0 Å². The predicted octanol–water partition coefficient (Wildman–Crippen LogP) is 2.10. The van der Waals surface area contributed by atoms with Crippen molar-refractivity contribution in [1.29, 1.82) is 0 Å². The normalized spacial score (nSPS) is 10.9. The van der Waals surface area contributed by atoms with Gasteiger partial charge in [-0.15, -0.1) is 0 Å². The highest BCUT2D eigenvalue weighted by Gasteiger charge is 2.39. The number of hydrogen-bond acceptors (Lipinski definition) is 4. The maximum Gasteiger partial charge on any atom is 0.471 e. The van der Waals surface area contributed by atoms with Crippen molar-refractivity contribution >= 4 is 17.3 Å². The molecule has 0 aliphatic heterocycles. The van der Waals surface area contributed by atoms with E-state index in [4.69, 9.17) is 4.74 Å². The summed E-state index contributed by atoms with van der Waals surface area (Å²) in [5.41, 5.74) is -1.24. The molecule has 0 unspecified atom stereocenters. The summed E-state index contributed by atoms with van der Waals surface area (Å²) in [6.07, 6.45) is -5.12. The molecule has 0 atom stereocenters. The van der Waals surface area contributed by atoms with Crippen LogP contribution in [-0.4, -0.2) is 24.1 Å². The van der Waals surface area contributed by atoms with E-state index < -0.39 is 28.4 Å². The zero-order valence-corrected chi connectivity index (χ0v) is 8.95. The zero-order valence-electron chi connectivity index (χ0n) is 8.95.